The molecule has 0 fully saturated rings. The third kappa shape index (κ3) is 6.03. The van der Waals surface area contributed by atoms with Crippen molar-refractivity contribution in [1.82, 2.24) is 5.32 Å². The summed E-state index contributed by atoms with van der Waals surface area (Å²) in [6.45, 7) is 6.53. The predicted octanol–water partition coefficient (Wildman–Crippen LogP) is 3.04. The number of esters is 1. The molecule has 0 radical (unpaired) electrons. The van der Waals surface area contributed by atoms with Crippen LogP contribution in [-0.4, -0.2) is 24.7 Å². The fourth-order valence-electron chi connectivity index (χ4n) is 1.18. The highest BCUT2D eigenvalue weighted by Gasteiger charge is 2.19. The summed E-state index contributed by atoms with van der Waals surface area (Å²) in [5.74, 6) is -0.914. The zero-order chi connectivity index (χ0) is 17.1. The van der Waals surface area contributed by atoms with Gasteiger partial charge in [0.25, 0.3) is 0 Å². The molecular formula is C14H22ClNO2. The van der Waals surface area contributed by atoms with Crippen molar-refractivity contribution >= 4 is 18.4 Å². The van der Waals surface area contributed by atoms with Gasteiger partial charge < -0.3 is 10.1 Å². The second-order valence-corrected chi connectivity index (χ2v) is 4.39. The van der Waals surface area contributed by atoms with Crippen molar-refractivity contribution in [3.05, 3.63) is 35.8 Å². The summed E-state index contributed by atoms with van der Waals surface area (Å²) in [5, 5.41) is 3.20. The molecule has 0 aliphatic rings. The minimum atomic E-state index is -0.914. The van der Waals surface area contributed by atoms with Gasteiger partial charge in [0.1, 0.15) is 6.61 Å². The van der Waals surface area contributed by atoms with E-state index in [1.807, 2.05) is 20.8 Å². The molecule has 1 rings (SSSR count). The topological polar surface area (TPSA) is 38.3 Å². The number of carbonyl (C=O) groups excluding carboxylic acids is 1. The van der Waals surface area contributed by atoms with E-state index in [9.17, 15) is 4.79 Å². The lowest BCUT2D eigenvalue weighted by molar-refractivity contribution is 0.0401. The number of nitrogens with one attached hydrogen (secondary N) is 1. The molecule has 0 spiro atoms. The summed E-state index contributed by atoms with van der Waals surface area (Å²) in [5.41, 5.74) is -0.892. The van der Waals surface area contributed by atoms with E-state index >= 15 is 0 Å². The average molecular weight is 277 g/mol. The average Bonchev–Trinajstić information content (AvgIpc) is 2.47. The van der Waals surface area contributed by atoms with Crippen LogP contribution in [0.15, 0.2) is 30.2 Å². The first-order valence-corrected chi connectivity index (χ1v) is 5.61. The van der Waals surface area contributed by atoms with Gasteiger partial charge in [-0.25, -0.2) is 4.79 Å². The minimum Gasteiger partial charge on any atom is -0.460 e. The van der Waals surface area contributed by atoms with E-state index in [0.29, 0.717) is 0 Å². The maximum atomic E-state index is 12.1. The molecule has 1 aromatic rings. The summed E-state index contributed by atoms with van der Waals surface area (Å²) < 4.78 is 43.2. The number of ether oxygens (including phenoxy) is 1. The molecule has 0 saturated heterocycles. The summed E-state index contributed by atoms with van der Waals surface area (Å²) in [7, 11) is 0. The maximum Gasteiger partial charge on any atom is 0.338 e. The van der Waals surface area contributed by atoms with Gasteiger partial charge in [-0.2, -0.15) is 0 Å². The maximum absolute atomic E-state index is 12.1. The summed E-state index contributed by atoms with van der Waals surface area (Å²) in [4.78, 5) is 12.1. The Balaban J connectivity index is 0.00000484. The van der Waals surface area contributed by atoms with Crippen molar-refractivity contribution in [1.29, 1.82) is 0 Å². The van der Waals surface area contributed by atoms with Gasteiger partial charge in [-0.3, -0.25) is 0 Å². The van der Waals surface area contributed by atoms with Gasteiger partial charge in [-0.1, -0.05) is 25.1 Å². The van der Waals surface area contributed by atoms with Crippen LogP contribution in [0.3, 0.4) is 0 Å². The highest BCUT2D eigenvalue weighted by Crippen LogP contribution is 2.06. The second-order valence-electron chi connectivity index (χ2n) is 4.39. The van der Waals surface area contributed by atoms with E-state index in [-0.39, 0.29) is 19.0 Å². The van der Waals surface area contributed by atoms with E-state index < -0.39 is 47.3 Å². The Bertz CT molecular complexity index is 552. The molecule has 0 unspecified atom stereocenters. The monoisotopic (exact) mass is 276 g/mol. The van der Waals surface area contributed by atoms with E-state index in [2.05, 4.69) is 5.32 Å². The van der Waals surface area contributed by atoms with Crippen LogP contribution in [0.2, 0.25) is 0 Å². The lowest BCUT2D eigenvalue weighted by atomic mass is 10.1. The molecule has 18 heavy (non-hydrogen) atoms. The lowest BCUT2D eigenvalue weighted by Gasteiger charge is -2.25. The Morgan fingerprint density at radius 2 is 2.00 bits per heavy atom. The first-order valence-electron chi connectivity index (χ1n) is 8.11. The first-order chi connectivity index (χ1) is 10.1. The van der Waals surface area contributed by atoms with E-state index in [1.165, 1.54) is 0 Å². The van der Waals surface area contributed by atoms with Crippen LogP contribution in [0, 0.1) is 0 Å². The molecule has 0 atom stereocenters. The highest BCUT2D eigenvalue weighted by atomic mass is 35.5. The van der Waals surface area contributed by atoms with Crippen molar-refractivity contribution in [2.24, 2.45) is 0 Å². The van der Waals surface area contributed by atoms with Crippen molar-refractivity contribution in [3.63, 3.8) is 0 Å². The highest BCUT2D eigenvalue weighted by molar-refractivity contribution is 5.89. The van der Waals surface area contributed by atoms with Crippen LogP contribution < -0.4 is 5.32 Å². The van der Waals surface area contributed by atoms with Crippen LogP contribution in [0.25, 0.3) is 0 Å². The third-order valence-electron chi connectivity index (χ3n) is 2.12. The minimum absolute atomic E-state index is 0. The summed E-state index contributed by atoms with van der Waals surface area (Å²) in [6, 6.07) is -2.71. The van der Waals surface area contributed by atoms with Gasteiger partial charge in [0.15, 0.2) is 0 Å². The largest absolute Gasteiger partial charge is 0.460 e. The summed E-state index contributed by atoms with van der Waals surface area (Å²) >= 11 is 0. The fourth-order valence-corrected chi connectivity index (χ4v) is 1.18. The molecule has 0 aromatic heterocycles. The summed E-state index contributed by atoms with van der Waals surface area (Å²) in [6.07, 6.45) is 0.931. The van der Waals surface area contributed by atoms with Crippen molar-refractivity contribution in [2.45, 2.75) is 32.7 Å². The molecule has 1 N–H and O–H groups in total. The molecular weight excluding hydrogens is 250 g/mol. The predicted molar refractivity (Wildman–Crippen MR) is 76.3 cm³/mol. The first kappa shape index (κ1) is 9.82. The van der Waals surface area contributed by atoms with Gasteiger partial charge >= 0.3 is 5.97 Å². The van der Waals surface area contributed by atoms with Crippen molar-refractivity contribution in [2.75, 3.05) is 13.2 Å². The molecule has 0 saturated carbocycles. The molecule has 0 aliphatic heterocycles. The smallest absolute Gasteiger partial charge is 0.338 e. The SMILES string of the molecule is Cl.[2H]c1c([2H])c([2H])c(C(=O)OCC(C)(C)NCCC)c([2H])c1[2H]. The number of hydrogen-bond acceptors (Lipinski definition) is 3. The van der Waals surface area contributed by atoms with Crippen LogP contribution >= 0.6 is 12.4 Å². The van der Waals surface area contributed by atoms with Crippen LogP contribution in [-0.2, 0) is 4.74 Å². The lowest BCUT2D eigenvalue weighted by Crippen LogP contribution is -2.44. The van der Waals surface area contributed by atoms with E-state index in [1.54, 1.807) is 0 Å². The van der Waals surface area contributed by atoms with Crippen LogP contribution in [0.5, 0.6) is 0 Å². The van der Waals surface area contributed by atoms with E-state index in [0.717, 1.165) is 13.0 Å². The third-order valence-corrected chi connectivity index (χ3v) is 2.12. The Hall–Kier alpha value is -1.06. The Kier molecular flexibility index (Phi) is 4.42. The van der Waals surface area contributed by atoms with Gasteiger partial charge in [0.05, 0.1) is 12.4 Å². The normalized spacial score (nSPS) is 14.5. The Morgan fingerprint density at radius 1 is 1.39 bits per heavy atom. The molecule has 0 heterocycles. The molecule has 0 aliphatic carbocycles. The second kappa shape index (κ2) is 8.11. The molecule has 0 bridgehead atoms. The number of hydrogen-bond donors (Lipinski definition) is 1. The zero-order valence-electron chi connectivity index (χ0n) is 15.8. The molecule has 0 amide bonds. The van der Waals surface area contributed by atoms with Crippen molar-refractivity contribution in [3.8, 4) is 0 Å². The zero-order valence-corrected chi connectivity index (χ0v) is 11.7. The molecule has 102 valence electrons. The van der Waals surface area contributed by atoms with Gasteiger partial charge in [0, 0.05) is 5.54 Å². The quantitative estimate of drug-likeness (QED) is 0.812. The van der Waals surface area contributed by atoms with Crippen LogP contribution in [0.4, 0.5) is 0 Å². The van der Waals surface area contributed by atoms with Gasteiger partial charge in [-0.15, -0.1) is 12.4 Å². The number of rotatable bonds is 6. The molecule has 4 heteroatoms. The number of benzene rings is 1. The molecule has 3 nitrogen and oxygen atoms in total. The Morgan fingerprint density at radius 3 is 2.56 bits per heavy atom. The fraction of sp³-hybridized carbons (Fsp3) is 0.500. The Labute approximate surface area is 122 Å². The number of carbonyl (C=O) groups is 1. The van der Waals surface area contributed by atoms with Gasteiger partial charge in [-0.05, 0) is 38.9 Å². The van der Waals surface area contributed by atoms with E-state index in [4.69, 9.17) is 11.6 Å². The van der Waals surface area contributed by atoms with Crippen LogP contribution in [0.1, 0.15) is 44.4 Å². The molecule has 1 aromatic carbocycles. The standard InChI is InChI=1S/C14H21NO2.ClH/c1-4-10-15-14(2,3)11-17-13(16)12-8-6-5-7-9-12;/h5-9,15H,4,10-11H2,1-3H3;1H/i5D,6D,7D,8D,9D;. The van der Waals surface area contributed by atoms with Crippen molar-refractivity contribution < 1.29 is 16.4 Å². The number of halogens is 1. The van der Waals surface area contributed by atoms with Gasteiger partial charge in [0.2, 0.25) is 0 Å².